The number of carbonyl (C=O) groups excluding carboxylic acids is 2. The number of benzene rings is 2. The molecule has 2 N–H and O–H groups in total. The number of hydrogen-bond acceptors (Lipinski definition) is 2. The smallest absolute Gasteiger partial charge is 0.318 e. The van der Waals surface area contributed by atoms with Crippen molar-refractivity contribution in [3.8, 4) is 0 Å². The maximum Gasteiger partial charge on any atom is 0.417 e. The molecule has 0 aromatic heterocycles. The second-order valence-corrected chi connectivity index (χ2v) is 5.32. The first-order valence-electron chi connectivity index (χ1n) is 6.73. The Balaban J connectivity index is 2.12. The van der Waals surface area contributed by atoms with Gasteiger partial charge in [-0.25, -0.2) is 0 Å². The summed E-state index contributed by atoms with van der Waals surface area (Å²) in [5, 5.41) is 4.00. The van der Waals surface area contributed by atoms with Gasteiger partial charge >= 0.3 is 18.0 Å². The van der Waals surface area contributed by atoms with Crippen LogP contribution in [0.2, 0.25) is 5.02 Å². The molecule has 2 aromatic rings. The van der Waals surface area contributed by atoms with Gasteiger partial charge in [-0.1, -0.05) is 29.8 Å². The van der Waals surface area contributed by atoms with Gasteiger partial charge in [-0.05, 0) is 36.8 Å². The molecule has 2 aromatic carbocycles. The van der Waals surface area contributed by atoms with E-state index in [1.165, 1.54) is 6.07 Å². The first kappa shape index (κ1) is 17.8. The summed E-state index contributed by atoms with van der Waals surface area (Å²) >= 11 is 5.49. The largest absolute Gasteiger partial charge is 0.417 e. The van der Waals surface area contributed by atoms with E-state index < -0.39 is 28.6 Å². The minimum absolute atomic E-state index is 0.184. The van der Waals surface area contributed by atoms with Crippen molar-refractivity contribution in [1.29, 1.82) is 0 Å². The highest BCUT2D eigenvalue weighted by Crippen LogP contribution is 2.36. The molecule has 2 rings (SSSR count). The molecule has 0 fully saturated rings. The maximum atomic E-state index is 12.8. The van der Waals surface area contributed by atoms with Crippen LogP contribution in [0.5, 0.6) is 0 Å². The molecule has 0 radical (unpaired) electrons. The Morgan fingerprint density at radius 2 is 1.62 bits per heavy atom. The summed E-state index contributed by atoms with van der Waals surface area (Å²) in [6.07, 6.45) is -4.67. The first-order valence-corrected chi connectivity index (χ1v) is 7.11. The molecule has 0 saturated heterocycles. The Morgan fingerprint density at radius 3 is 2.25 bits per heavy atom. The van der Waals surface area contributed by atoms with Crippen molar-refractivity contribution in [3.05, 3.63) is 58.6 Å². The summed E-state index contributed by atoms with van der Waals surface area (Å²) in [5.41, 5.74) is -0.104. The van der Waals surface area contributed by atoms with Gasteiger partial charge in [0.1, 0.15) is 0 Å². The van der Waals surface area contributed by atoms with Gasteiger partial charge in [0.25, 0.3) is 0 Å². The highest BCUT2D eigenvalue weighted by molar-refractivity contribution is 6.43. The average Bonchev–Trinajstić information content (AvgIpc) is 2.50. The number of halogens is 4. The predicted molar refractivity (Wildman–Crippen MR) is 84.9 cm³/mol. The zero-order chi connectivity index (χ0) is 17.9. The van der Waals surface area contributed by atoms with Crippen molar-refractivity contribution in [2.45, 2.75) is 13.1 Å². The molecule has 0 aliphatic heterocycles. The molecule has 2 amide bonds. The molecular formula is C16H12ClF3N2O2. The highest BCUT2D eigenvalue weighted by Gasteiger charge is 2.33. The Bertz CT molecular complexity index is 791. The lowest BCUT2D eigenvalue weighted by atomic mass is 10.2. The van der Waals surface area contributed by atoms with Crippen molar-refractivity contribution in [1.82, 2.24) is 0 Å². The summed E-state index contributed by atoms with van der Waals surface area (Å²) in [7, 11) is 0. The maximum absolute atomic E-state index is 12.8. The normalized spacial score (nSPS) is 11.0. The van der Waals surface area contributed by atoms with Crippen LogP contribution >= 0.6 is 11.6 Å². The molecule has 0 saturated carbocycles. The average molecular weight is 357 g/mol. The fourth-order valence-electron chi connectivity index (χ4n) is 1.90. The number of alkyl halides is 3. The quantitative estimate of drug-likeness (QED) is 0.790. The number of anilines is 2. The Morgan fingerprint density at radius 1 is 1.00 bits per heavy atom. The minimum atomic E-state index is -4.67. The number of aryl methyl sites for hydroxylation is 1. The first-order chi connectivity index (χ1) is 11.2. The standard InChI is InChI=1S/C16H12ClF3N2O2/c1-9-4-2-3-5-13(9)22-15(24)14(23)21-10-6-7-12(17)11(8-10)16(18,19)20/h2-8H,1H3,(H,21,23)(H,22,24). The Labute approximate surface area is 140 Å². The number of carbonyl (C=O) groups is 2. The van der Waals surface area contributed by atoms with Gasteiger partial charge in [0.2, 0.25) is 0 Å². The van der Waals surface area contributed by atoms with Crippen LogP contribution in [0.4, 0.5) is 24.5 Å². The van der Waals surface area contributed by atoms with E-state index in [0.29, 0.717) is 11.8 Å². The molecule has 0 atom stereocenters. The van der Waals surface area contributed by atoms with Gasteiger partial charge < -0.3 is 10.6 Å². The molecule has 0 aliphatic carbocycles. The van der Waals surface area contributed by atoms with Crippen molar-refractivity contribution >= 4 is 34.8 Å². The lowest BCUT2D eigenvalue weighted by Gasteiger charge is -2.12. The van der Waals surface area contributed by atoms with E-state index in [9.17, 15) is 22.8 Å². The summed E-state index contributed by atoms with van der Waals surface area (Å²) in [5.74, 6) is -2.08. The predicted octanol–water partition coefficient (Wildman–Crippen LogP) is 4.24. The van der Waals surface area contributed by atoms with Crippen LogP contribution in [-0.4, -0.2) is 11.8 Å². The number of hydrogen-bond donors (Lipinski definition) is 2. The third-order valence-corrected chi connectivity index (χ3v) is 3.46. The van der Waals surface area contributed by atoms with E-state index in [0.717, 1.165) is 11.6 Å². The molecule has 8 heteroatoms. The van der Waals surface area contributed by atoms with Crippen LogP contribution < -0.4 is 10.6 Å². The number of para-hydroxylation sites is 1. The van der Waals surface area contributed by atoms with Crippen molar-refractivity contribution in [2.75, 3.05) is 10.6 Å². The number of amides is 2. The summed E-state index contributed by atoms with van der Waals surface area (Å²) in [4.78, 5) is 23.7. The zero-order valence-electron chi connectivity index (χ0n) is 12.4. The van der Waals surface area contributed by atoms with E-state index in [1.807, 2.05) is 0 Å². The molecule has 24 heavy (non-hydrogen) atoms. The SMILES string of the molecule is Cc1ccccc1NC(=O)C(=O)Nc1ccc(Cl)c(C(F)(F)F)c1. The van der Waals surface area contributed by atoms with E-state index in [-0.39, 0.29) is 5.69 Å². The molecule has 0 spiro atoms. The Kier molecular flexibility index (Phi) is 5.14. The van der Waals surface area contributed by atoms with Gasteiger partial charge in [0.05, 0.1) is 10.6 Å². The van der Waals surface area contributed by atoms with Gasteiger partial charge in [-0.2, -0.15) is 13.2 Å². The van der Waals surface area contributed by atoms with Crippen LogP contribution in [0.25, 0.3) is 0 Å². The van der Waals surface area contributed by atoms with E-state index in [4.69, 9.17) is 11.6 Å². The zero-order valence-corrected chi connectivity index (χ0v) is 13.1. The fourth-order valence-corrected chi connectivity index (χ4v) is 2.13. The molecular weight excluding hydrogens is 345 g/mol. The monoisotopic (exact) mass is 356 g/mol. The molecule has 0 bridgehead atoms. The fraction of sp³-hybridized carbons (Fsp3) is 0.125. The van der Waals surface area contributed by atoms with Crippen LogP contribution in [0.15, 0.2) is 42.5 Å². The molecule has 126 valence electrons. The van der Waals surface area contributed by atoms with Crippen molar-refractivity contribution < 1.29 is 22.8 Å². The topological polar surface area (TPSA) is 58.2 Å². The number of nitrogens with one attached hydrogen (secondary N) is 2. The van der Waals surface area contributed by atoms with Gasteiger partial charge in [-0.15, -0.1) is 0 Å². The van der Waals surface area contributed by atoms with Crippen LogP contribution in [-0.2, 0) is 15.8 Å². The van der Waals surface area contributed by atoms with Gasteiger partial charge in [0, 0.05) is 11.4 Å². The van der Waals surface area contributed by atoms with E-state index in [2.05, 4.69) is 10.6 Å². The van der Waals surface area contributed by atoms with Gasteiger partial charge in [0.15, 0.2) is 0 Å². The highest BCUT2D eigenvalue weighted by atomic mass is 35.5. The lowest BCUT2D eigenvalue weighted by Crippen LogP contribution is -2.29. The second kappa shape index (κ2) is 6.92. The molecule has 4 nitrogen and oxygen atoms in total. The van der Waals surface area contributed by atoms with E-state index in [1.54, 1.807) is 31.2 Å². The Hall–Kier alpha value is -2.54. The summed E-state index contributed by atoms with van der Waals surface area (Å²) in [6.45, 7) is 1.74. The van der Waals surface area contributed by atoms with Gasteiger partial charge in [-0.3, -0.25) is 9.59 Å². The molecule has 0 aliphatic rings. The van der Waals surface area contributed by atoms with E-state index >= 15 is 0 Å². The third-order valence-electron chi connectivity index (χ3n) is 3.13. The molecule has 0 heterocycles. The van der Waals surface area contributed by atoms with Crippen molar-refractivity contribution in [2.24, 2.45) is 0 Å². The lowest BCUT2D eigenvalue weighted by molar-refractivity contribution is -0.137. The van der Waals surface area contributed by atoms with Crippen LogP contribution in [0, 0.1) is 6.92 Å². The van der Waals surface area contributed by atoms with Crippen molar-refractivity contribution in [3.63, 3.8) is 0 Å². The minimum Gasteiger partial charge on any atom is -0.318 e. The third kappa shape index (κ3) is 4.26. The van der Waals surface area contributed by atoms with Crippen LogP contribution in [0.1, 0.15) is 11.1 Å². The summed E-state index contributed by atoms with van der Waals surface area (Å²) in [6, 6.07) is 9.62. The second-order valence-electron chi connectivity index (χ2n) is 4.92. The number of rotatable bonds is 2. The van der Waals surface area contributed by atoms with Crippen LogP contribution in [0.3, 0.4) is 0 Å². The molecule has 0 unspecified atom stereocenters. The summed E-state index contributed by atoms with van der Waals surface area (Å²) < 4.78 is 38.3.